The molecule has 5 nitrogen and oxygen atoms in total. The summed E-state index contributed by atoms with van der Waals surface area (Å²) in [6, 6.07) is 8.65. The van der Waals surface area contributed by atoms with E-state index in [9.17, 15) is 0 Å². The third kappa shape index (κ3) is 4.85. The van der Waals surface area contributed by atoms with Gasteiger partial charge in [0.2, 0.25) is 0 Å². The fourth-order valence-corrected chi connectivity index (χ4v) is 3.83. The molecule has 0 saturated carbocycles. The molecule has 1 aromatic heterocycles. The standard InChI is InChI=1S/C20H27N5S/c1-4-21-20(23-14-19-15(2)24-16(3)26-19)22-13-17-8-7-9-18(12-17)25-10-5-6-11-25/h5-9,12H,4,10-11,13-14H2,1-3H3,(H2,21,22,23). The van der Waals surface area contributed by atoms with Crippen molar-refractivity contribution in [2.75, 3.05) is 24.5 Å². The summed E-state index contributed by atoms with van der Waals surface area (Å²) in [5.74, 6) is 0.839. The van der Waals surface area contributed by atoms with Crippen LogP contribution in [0.2, 0.25) is 0 Å². The van der Waals surface area contributed by atoms with Gasteiger partial charge in [0.25, 0.3) is 0 Å². The van der Waals surface area contributed by atoms with Crippen LogP contribution >= 0.6 is 11.3 Å². The number of hydrogen-bond donors (Lipinski definition) is 2. The van der Waals surface area contributed by atoms with Crippen LogP contribution in [-0.4, -0.2) is 30.6 Å². The Morgan fingerprint density at radius 1 is 1.23 bits per heavy atom. The number of aromatic nitrogens is 1. The molecule has 2 aromatic rings. The first kappa shape index (κ1) is 18.5. The van der Waals surface area contributed by atoms with Crippen LogP contribution in [0.1, 0.15) is 28.1 Å². The van der Waals surface area contributed by atoms with E-state index >= 15 is 0 Å². The number of anilines is 1. The summed E-state index contributed by atoms with van der Waals surface area (Å²) in [6.07, 6.45) is 4.42. The molecular formula is C20H27N5S. The van der Waals surface area contributed by atoms with Crippen molar-refractivity contribution < 1.29 is 0 Å². The van der Waals surface area contributed by atoms with Crippen LogP contribution < -0.4 is 15.5 Å². The number of nitrogens with one attached hydrogen (secondary N) is 2. The SMILES string of the molecule is CCNC(=NCc1cccc(N2CC=CC2)c1)NCc1sc(C)nc1C. The smallest absolute Gasteiger partial charge is 0.191 e. The highest BCUT2D eigenvalue weighted by Gasteiger charge is 2.08. The minimum atomic E-state index is 0.658. The molecule has 0 amide bonds. The zero-order valence-corrected chi connectivity index (χ0v) is 16.6. The number of aryl methyl sites for hydroxylation is 2. The molecule has 1 aliphatic heterocycles. The van der Waals surface area contributed by atoms with Gasteiger partial charge < -0.3 is 15.5 Å². The molecule has 2 heterocycles. The largest absolute Gasteiger partial charge is 0.364 e. The Balaban J connectivity index is 1.63. The Morgan fingerprint density at radius 3 is 2.73 bits per heavy atom. The molecule has 0 spiro atoms. The van der Waals surface area contributed by atoms with E-state index in [0.29, 0.717) is 6.54 Å². The molecule has 1 aromatic carbocycles. The summed E-state index contributed by atoms with van der Waals surface area (Å²) in [6.45, 7) is 10.4. The molecule has 26 heavy (non-hydrogen) atoms. The van der Waals surface area contributed by atoms with Crippen molar-refractivity contribution in [2.24, 2.45) is 4.99 Å². The van der Waals surface area contributed by atoms with E-state index < -0.39 is 0 Å². The lowest BCUT2D eigenvalue weighted by atomic mass is 10.2. The number of aliphatic imine (C=N–C) groups is 1. The van der Waals surface area contributed by atoms with Gasteiger partial charge in [0.05, 0.1) is 23.8 Å². The van der Waals surface area contributed by atoms with Gasteiger partial charge in [-0.05, 0) is 38.5 Å². The van der Waals surface area contributed by atoms with Gasteiger partial charge in [-0.3, -0.25) is 0 Å². The first-order valence-corrected chi connectivity index (χ1v) is 9.91. The average Bonchev–Trinajstić information content (AvgIpc) is 3.27. The maximum absolute atomic E-state index is 4.75. The number of guanidine groups is 1. The van der Waals surface area contributed by atoms with E-state index in [-0.39, 0.29) is 0 Å². The predicted octanol–water partition coefficient (Wildman–Crippen LogP) is 3.39. The zero-order valence-electron chi connectivity index (χ0n) is 15.7. The van der Waals surface area contributed by atoms with Gasteiger partial charge in [-0.25, -0.2) is 9.98 Å². The predicted molar refractivity (Wildman–Crippen MR) is 111 cm³/mol. The van der Waals surface area contributed by atoms with Crippen molar-refractivity contribution in [1.29, 1.82) is 0 Å². The van der Waals surface area contributed by atoms with Crippen molar-refractivity contribution in [2.45, 2.75) is 33.9 Å². The average molecular weight is 370 g/mol. The van der Waals surface area contributed by atoms with E-state index in [2.05, 4.69) is 70.8 Å². The molecule has 1 aliphatic rings. The lowest BCUT2D eigenvalue weighted by molar-refractivity contribution is 0.818. The Bertz CT molecular complexity index is 785. The van der Waals surface area contributed by atoms with E-state index in [4.69, 9.17) is 4.99 Å². The minimum Gasteiger partial charge on any atom is -0.364 e. The second-order valence-corrected chi connectivity index (χ2v) is 7.62. The van der Waals surface area contributed by atoms with Crippen LogP contribution in [0.15, 0.2) is 41.4 Å². The van der Waals surface area contributed by atoms with E-state index in [1.54, 1.807) is 11.3 Å². The quantitative estimate of drug-likeness (QED) is 0.466. The fraction of sp³-hybridized carbons (Fsp3) is 0.400. The van der Waals surface area contributed by atoms with Gasteiger partial charge in [-0.2, -0.15) is 0 Å². The first-order valence-electron chi connectivity index (χ1n) is 9.09. The van der Waals surface area contributed by atoms with Crippen molar-refractivity contribution in [3.8, 4) is 0 Å². The van der Waals surface area contributed by atoms with Crippen molar-refractivity contribution in [3.63, 3.8) is 0 Å². The molecule has 0 radical (unpaired) electrons. The first-order chi connectivity index (χ1) is 12.7. The normalized spacial score (nSPS) is 14.1. The third-order valence-corrected chi connectivity index (χ3v) is 5.35. The lowest BCUT2D eigenvalue weighted by Gasteiger charge is -2.18. The van der Waals surface area contributed by atoms with Crippen LogP contribution in [0, 0.1) is 13.8 Å². The fourth-order valence-electron chi connectivity index (χ4n) is 2.95. The van der Waals surface area contributed by atoms with Gasteiger partial charge in [0, 0.05) is 30.2 Å². The Labute approximate surface area is 159 Å². The lowest BCUT2D eigenvalue weighted by Crippen LogP contribution is -2.36. The van der Waals surface area contributed by atoms with Crippen LogP contribution in [0.3, 0.4) is 0 Å². The van der Waals surface area contributed by atoms with Crippen LogP contribution in [0.5, 0.6) is 0 Å². The Morgan fingerprint density at radius 2 is 2.04 bits per heavy atom. The van der Waals surface area contributed by atoms with E-state index in [1.165, 1.54) is 16.1 Å². The number of benzene rings is 1. The topological polar surface area (TPSA) is 52.6 Å². The van der Waals surface area contributed by atoms with Gasteiger partial charge in [-0.15, -0.1) is 11.3 Å². The van der Waals surface area contributed by atoms with Gasteiger partial charge in [0.1, 0.15) is 0 Å². The molecule has 0 atom stereocenters. The van der Waals surface area contributed by atoms with E-state index in [1.807, 2.05) is 6.92 Å². The second kappa shape index (κ2) is 8.85. The van der Waals surface area contributed by atoms with Crippen molar-refractivity contribution in [1.82, 2.24) is 15.6 Å². The molecule has 0 bridgehead atoms. The Hall–Kier alpha value is -2.34. The molecule has 0 unspecified atom stereocenters. The highest BCUT2D eigenvalue weighted by molar-refractivity contribution is 7.11. The van der Waals surface area contributed by atoms with E-state index in [0.717, 1.165) is 42.8 Å². The highest BCUT2D eigenvalue weighted by Crippen LogP contribution is 2.19. The Kier molecular flexibility index (Phi) is 6.28. The maximum Gasteiger partial charge on any atom is 0.191 e. The summed E-state index contributed by atoms with van der Waals surface area (Å²) in [5, 5.41) is 7.85. The summed E-state index contributed by atoms with van der Waals surface area (Å²) < 4.78 is 0. The zero-order chi connectivity index (χ0) is 18.4. The summed E-state index contributed by atoms with van der Waals surface area (Å²) in [4.78, 5) is 12.8. The van der Waals surface area contributed by atoms with Gasteiger partial charge in [0.15, 0.2) is 5.96 Å². The summed E-state index contributed by atoms with van der Waals surface area (Å²) >= 11 is 1.74. The number of thiazole rings is 1. The van der Waals surface area contributed by atoms with Gasteiger partial charge >= 0.3 is 0 Å². The molecule has 6 heteroatoms. The van der Waals surface area contributed by atoms with Crippen LogP contribution in [0.4, 0.5) is 5.69 Å². The molecule has 2 N–H and O–H groups in total. The molecule has 0 aliphatic carbocycles. The summed E-state index contributed by atoms with van der Waals surface area (Å²) in [7, 11) is 0. The summed E-state index contributed by atoms with van der Waals surface area (Å²) in [5.41, 5.74) is 3.58. The molecule has 0 saturated heterocycles. The molecule has 138 valence electrons. The van der Waals surface area contributed by atoms with Crippen molar-refractivity contribution >= 4 is 23.0 Å². The number of hydrogen-bond acceptors (Lipinski definition) is 4. The monoisotopic (exact) mass is 369 g/mol. The maximum atomic E-state index is 4.75. The van der Waals surface area contributed by atoms with Crippen molar-refractivity contribution in [3.05, 3.63) is 57.6 Å². The van der Waals surface area contributed by atoms with Gasteiger partial charge in [-0.1, -0.05) is 24.3 Å². The molecular weight excluding hydrogens is 342 g/mol. The highest BCUT2D eigenvalue weighted by atomic mass is 32.1. The third-order valence-electron chi connectivity index (χ3n) is 4.27. The van der Waals surface area contributed by atoms with Crippen LogP contribution in [0.25, 0.3) is 0 Å². The molecule has 3 rings (SSSR count). The molecule has 0 fully saturated rings. The number of nitrogens with zero attached hydrogens (tertiary/aromatic N) is 3. The minimum absolute atomic E-state index is 0.658. The number of rotatable bonds is 6. The van der Waals surface area contributed by atoms with Crippen LogP contribution in [-0.2, 0) is 13.1 Å². The second-order valence-electron chi connectivity index (χ2n) is 6.34.